The summed E-state index contributed by atoms with van der Waals surface area (Å²) in [5.41, 5.74) is 3.32. The van der Waals surface area contributed by atoms with Gasteiger partial charge < -0.3 is 14.9 Å². The highest BCUT2D eigenvalue weighted by Crippen LogP contribution is 2.30. The maximum atomic E-state index is 10.2. The quantitative estimate of drug-likeness (QED) is 0.575. The summed E-state index contributed by atoms with van der Waals surface area (Å²) in [6.07, 6.45) is 0. The van der Waals surface area contributed by atoms with Crippen molar-refractivity contribution in [2.75, 3.05) is 5.32 Å². The van der Waals surface area contributed by atoms with Gasteiger partial charge in [0.1, 0.15) is 23.0 Å². The fourth-order valence-electron chi connectivity index (χ4n) is 2.83. The third kappa shape index (κ3) is 3.09. The molecule has 0 aliphatic carbocycles. The van der Waals surface area contributed by atoms with Crippen molar-refractivity contribution in [2.45, 2.75) is 20.4 Å². The van der Waals surface area contributed by atoms with Gasteiger partial charge >= 0.3 is 0 Å². The molecule has 6 heteroatoms. The minimum absolute atomic E-state index is 0.151. The molecule has 0 aliphatic rings. The van der Waals surface area contributed by atoms with Crippen LogP contribution in [0.3, 0.4) is 0 Å². The molecule has 0 fully saturated rings. The number of para-hydroxylation sites is 1. The molecule has 6 nitrogen and oxygen atoms in total. The zero-order valence-electron chi connectivity index (χ0n) is 14.5. The monoisotopic (exact) mass is 346 g/mol. The lowest BCUT2D eigenvalue weighted by Crippen LogP contribution is -2.04. The number of phenolic OH excluding ortho intramolecular Hbond substituents is 1. The second-order valence-corrected chi connectivity index (χ2v) is 6.22. The number of aromatic hydroxyl groups is 1. The molecular formula is C20H18N4O2. The summed E-state index contributed by atoms with van der Waals surface area (Å²) in [6, 6.07) is 15.0. The van der Waals surface area contributed by atoms with Gasteiger partial charge in [0.2, 0.25) is 0 Å². The summed E-state index contributed by atoms with van der Waals surface area (Å²) in [4.78, 5) is 9.28. The molecule has 0 saturated heterocycles. The normalized spacial score (nSPS) is 11.0. The van der Waals surface area contributed by atoms with Crippen molar-refractivity contribution in [3.8, 4) is 17.1 Å². The topological polar surface area (TPSA) is 84.1 Å². The standard InChI is InChI=1S/C20H18N4O2/c1-12-7-8-15-17(9-12)22-20(16-5-3-4-6-18(16)25)23-19(15)21-11-14-10-13(2)26-24-14/h3-10,25H,11H2,1-2H3,(H,21,22,23). The molecule has 0 radical (unpaired) electrons. The van der Waals surface area contributed by atoms with E-state index in [1.807, 2.05) is 44.2 Å². The van der Waals surface area contributed by atoms with Crippen LogP contribution in [0.15, 0.2) is 53.1 Å². The number of phenols is 1. The van der Waals surface area contributed by atoms with Crippen LogP contribution >= 0.6 is 0 Å². The van der Waals surface area contributed by atoms with Crippen molar-refractivity contribution in [1.82, 2.24) is 15.1 Å². The molecule has 2 heterocycles. The predicted molar refractivity (Wildman–Crippen MR) is 99.9 cm³/mol. The molecule has 0 amide bonds. The van der Waals surface area contributed by atoms with Crippen molar-refractivity contribution in [3.63, 3.8) is 0 Å². The highest BCUT2D eigenvalue weighted by atomic mass is 16.5. The lowest BCUT2D eigenvalue weighted by Gasteiger charge is -2.11. The smallest absolute Gasteiger partial charge is 0.165 e. The van der Waals surface area contributed by atoms with Crippen LogP contribution in [-0.2, 0) is 6.54 Å². The number of benzene rings is 2. The number of rotatable bonds is 4. The van der Waals surface area contributed by atoms with Gasteiger partial charge in [0, 0.05) is 11.5 Å². The molecule has 4 rings (SSSR count). The van der Waals surface area contributed by atoms with Crippen molar-refractivity contribution in [1.29, 1.82) is 0 Å². The minimum atomic E-state index is 0.151. The Morgan fingerprint density at radius 2 is 1.88 bits per heavy atom. The molecule has 0 unspecified atom stereocenters. The first-order valence-electron chi connectivity index (χ1n) is 8.33. The molecule has 0 aliphatic heterocycles. The molecule has 0 spiro atoms. The van der Waals surface area contributed by atoms with E-state index in [9.17, 15) is 5.11 Å². The second kappa shape index (κ2) is 6.48. The molecule has 4 aromatic rings. The van der Waals surface area contributed by atoms with Gasteiger partial charge in [-0.3, -0.25) is 0 Å². The van der Waals surface area contributed by atoms with E-state index in [1.54, 1.807) is 18.2 Å². The summed E-state index contributed by atoms with van der Waals surface area (Å²) in [5.74, 6) is 2.08. The van der Waals surface area contributed by atoms with E-state index in [2.05, 4.69) is 20.4 Å². The van der Waals surface area contributed by atoms with Gasteiger partial charge in [-0.2, -0.15) is 0 Å². The zero-order chi connectivity index (χ0) is 18.1. The number of aromatic nitrogens is 3. The minimum Gasteiger partial charge on any atom is -0.507 e. The molecular weight excluding hydrogens is 328 g/mol. The van der Waals surface area contributed by atoms with Crippen LogP contribution in [0.1, 0.15) is 17.0 Å². The van der Waals surface area contributed by atoms with Gasteiger partial charge in [-0.05, 0) is 43.7 Å². The number of nitrogens with one attached hydrogen (secondary N) is 1. The molecule has 0 saturated carbocycles. The Balaban J connectivity index is 1.80. The van der Waals surface area contributed by atoms with Crippen LogP contribution < -0.4 is 5.32 Å². The summed E-state index contributed by atoms with van der Waals surface area (Å²) < 4.78 is 5.11. The third-order valence-corrected chi connectivity index (χ3v) is 4.11. The van der Waals surface area contributed by atoms with Crippen molar-refractivity contribution in [2.24, 2.45) is 0 Å². The van der Waals surface area contributed by atoms with Gasteiger partial charge in [-0.1, -0.05) is 23.4 Å². The van der Waals surface area contributed by atoms with E-state index in [4.69, 9.17) is 4.52 Å². The van der Waals surface area contributed by atoms with Crippen LogP contribution in [0.4, 0.5) is 5.82 Å². The number of aryl methyl sites for hydroxylation is 2. The first kappa shape index (κ1) is 16.1. The van der Waals surface area contributed by atoms with Gasteiger partial charge in [-0.25, -0.2) is 9.97 Å². The Hall–Kier alpha value is -3.41. The van der Waals surface area contributed by atoms with E-state index < -0.39 is 0 Å². The number of fused-ring (bicyclic) bond motifs is 1. The molecule has 0 atom stereocenters. The Kier molecular flexibility index (Phi) is 4.01. The second-order valence-electron chi connectivity index (χ2n) is 6.22. The zero-order valence-corrected chi connectivity index (χ0v) is 14.5. The lowest BCUT2D eigenvalue weighted by molar-refractivity contribution is 0.391. The summed E-state index contributed by atoms with van der Waals surface area (Å²) in [5, 5.41) is 18.4. The van der Waals surface area contributed by atoms with Crippen molar-refractivity contribution >= 4 is 16.7 Å². The van der Waals surface area contributed by atoms with E-state index in [1.165, 1.54) is 0 Å². The fourth-order valence-corrected chi connectivity index (χ4v) is 2.83. The maximum Gasteiger partial charge on any atom is 0.165 e. The first-order chi connectivity index (χ1) is 12.6. The number of hydrogen-bond donors (Lipinski definition) is 2. The van der Waals surface area contributed by atoms with Gasteiger partial charge in [-0.15, -0.1) is 0 Å². The van der Waals surface area contributed by atoms with Gasteiger partial charge in [0.25, 0.3) is 0 Å². The highest BCUT2D eigenvalue weighted by molar-refractivity contribution is 5.91. The first-order valence-corrected chi connectivity index (χ1v) is 8.33. The molecule has 0 bridgehead atoms. The summed E-state index contributed by atoms with van der Waals surface area (Å²) >= 11 is 0. The van der Waals surface area contributed by atoms with Crippen LogP contribution in [0, 0.1) is 13.8 Å². The van der Waals surface area contributed by atoms with Crippen molar-refractivity contribution in [3.05, 3.63) is 65.5 Å². The van der Waals surface area contributed by atoms with E-state index in [0.29, 0.717) is 23.8 Å². The average molecular weight is 346 g/mol. The number of hydrogen-bond acceptors (Lipinski definition) is 6. The Labute approximate surface area is 150 Å². The molecule has 2 aromatic heterocycles. The Morgan fingerprint density at radius 1 is 1.04 bits per heavy atom. The largest absolute Gasteiger partial charge is 0.507 e. The average Bonchev–Trinajstić information content (AvgIpc) is 3.05. The molecule has 2 aromatic carbocycles. The number of nitrogens with zero attached hydrogens (tertiary/aromatic N) is 3. The van der Waals surface area contributed by atoms with Crippen molar-refractivity contribution < 1.29 is 9.63 Å². The molecule has 2 N–H and O–H groups in total. The van der Waals surface area contributed by atoms with E-state index in [-0.39, 0.29) is 5.75 Å². The van der Waals surface area contributed by atoms with Crippen LogP contribution in [0.25, 0.3) is 22.3 Å². The van der Waals surface area contributed by atoms with Gasteiger partial charge in [0.15, 0.2) is 5.82 Å². The Bertz CT molecular complexity index is 1090. The SMILES string of the molecule is Cc1ccc2c(NCc3cc(C)on3)nc(-c3ccccc3O)nc2c1. The lowest BCUT2D eigenvalue weighted by atomic mass is 10.1. The Morgan fingerprint density at radius 3 is 2.65 bits per heavy atom. The number of anilines is 1. The van der Waals surface area contributed by atoms with E-state index >= 15 is 0 Å². The van der Waals surface area contributed by atoms with Crippen LogP contribution in [0.5, 0.6) is 5.75 Å². The molecule has 130 valence electrons. The van der Waals surface area contributed by atoms with E-state index in [0.717, 1.165) is 27.9 Å². The summed E-state index contributed by atoms with van der Waals surface area (Å²) in [6.45, 7) is 4.36. The molecule has 26 heavy (non-hydrogen) atoms. The highest BCUT2D eigenvalue weighted by Gasteiger charge is 2.13. The van der Waals surface area contributed by atoms with Gasteiger partial charge in [0.05, 0.1) is 17.6 Å². The summed E-state index contributed by atoms with van der Waals surface area (Å²) in [7, 11) is 0. The predicted octanol–water partition coefficient (Wildman–Crippen LogP) is 4.22. The third-order valence-electron chi connectivity index (χ3n) is 4.11. The van der Waals surface area contributed by atoms with Crippen LogP contribution in [-0.4, -0.2) is 20.2 Å². The van der Waals surface area contributed by atoms with Crippen LogP contribution in [0.2, 0.25) is 0 Å². The fraction of sp³-hybridized carbons (Fsp3) is 0.150. The maximum absolute atomic E-state index is 10.2.